The first-order chi connectivity index (χ1) is 14.3. The van der Waals surface area contributed by atoms with Crippen molar-refractivity contribution in [2.24, 2.45) is 0 Å². The van der Waals surface area contributed by atoms with Crippen molar-refractivity contribution >= 4 is 11.0 Å². The topological polar surface area (TPSA) is 161 Å². The van der Waals surface area contributed by atoms with Crippen molar-refractivity contribution in [3.63, 3.8) is 0 Å². The highest BCUT2D eigenvalue weighted by Crippen LogP contribution is 2.40. The molecule has 0 amide bonds. The van der Waals surface area contributed by atoms with Crippen molar-refractivity contribution < 1.29 is 39.8 Å². The molecular formula is C21H20O9. The molecule has 1 aromatic heterocycles. The van der Waals surface area contributed by atoms with Gasteiger partial charge in [0.2, 0.25) is 5.43 Å². The zero-order valence-electron chi connectivity index (χ0n) is 15.5. The van der Waals surface area contributed by atoms with Gasteiger partial charge in [0.05, 0.1) is 23.1 Å². The molecule has 158 valence electrons. The fourth-order valence-electron chi connectivity index (χ4n) is 3.67. The number of phenols is 2. The van der Waals surface area contributed by atoms with Crippen LogP contribution in [0, 0.1) is 0 Å². The van der Waals surface area contributed by atoms with Crippen molar-refractivity contribution in [1.82, 2.24) is 0 Å². The SMILES string of the molecule is O=c1c(-c2ccc(O)cc2)coc2c([C@H]3O[C@H](CO)[C@@H](O)[C@H](O)[C@@H]3O)c(O)ccc12. The first kappa shape index (κ1) is 20.3. The predicted molar refractivity (Wildman–Crippen MR) is 104 cm³/mol. The number of hydrogen-bond acceptors (Lipinski definition) is 9. The molecular weight excluding hydrogens is 396 g/mol. The van der Waals surface area contributed by atoms with Gasteiger partial charge in [-0.2, -0.15) is 0 Å². The Balaban J connectivity index is 1.87. The molecule has 2 heterocycles. The number of hydrogen-bond donors (Lipinski definition) is 6. The molecule has 30 heavy (non-hydrogen) atoms. The van der Waals surface area contributed by atoms with E-state index in [4.69, 9.17) is 9.15 Å². The number of aliphatic hydroxyl groups is 4. The van der Waals surface area contributed by atoms with E-state index >= 15 is 0 Å². The number of rotatable bonds is 3. The highest BCUT2D eigenvalue weighted by atomic mass is 16.5. The fraction of sp³-hybridized carbons (Fsp3) is 0.286. The minimum Gasteiger partial charge on any atom is -0.508 e. The van der Waals surface area contributed by atoms with Crippen LogP contribution in [0.3, 0.4) is 0 Å². The summed E-state index contributed by atoms with van der Waals surface area (Å²) in [6.45, 7) is -0.637. The summed E-state index contributed by atoms with van der Waals surface area (Å²) < 4.78 is 11.1. The molecule has 0 aliphatic carbocycles. The molecule has 5 atom stereocenters. The number of benzene rings is 2. The van der Waals surface area contributed by atoms with Crippen LogP contribution in [0.25, 0.3) is 22.1 Å². The lowest BCUT2D eigenvalue weighted by Gasteiger charge is -2.40. The molecule has 1 saturated heterocycles. The largest absolute Gasteiger partial charge is 0.508 e. The van der Waals surface area contributed by atoms with Crippen LogP contribution in [-0.2, 0) is 4.74 Å². The summed E-state index contributed by atoms with van der Waals surface area (Å²) in [7, 11) is 0. The standard InChI is InChI=1S/C21H20O9/c22-7-14-17(26)18(27)19(28)21(30-14)15-13(24)6-5-11-16(25)12(8-29-20(11)15)9-1-3-10(23)4-2-9/h1-6,8,14,17-19,21-24,26-28H,7H2/t14-,17-,18+,19+,21-/m1/s1. The second-order valence-corrected chi connectivity index (χ2v) is 7.15. The number of aromatic hydroxyl groups is 2. The quantitative estimate of drug-likeness (QED) is 0.355. The van der Waals surface area contributed by atoms with E-state index in [1.165, 1.54) is 30.5 Å². The summed E-state index contributed by atoms with van der Waals surface area (Å²) in [6, 6.07) is 8.54. The Morgan fingerprint density at radius 1 is 0.900 bits per heavy atom. The van der Waals surface area contributed by atoms with Crippen molar-refractivity contribution in [3.05, 3.63) is 58.4 Å². The van der Waals surface area contributed by atoms with Gasteiger partial charge in [-0.1, -0.05) is 12.1 Å². The van der Waals surface area contributed by atoms with Crippen LogP contribution in [0.15, 0.2) is 51.9 Å². The summed E-state index contributed by atoms with van der Waals surface area (Å²) in [5.41, 5.74) is 0.150. The molecule has 0 saturated carbocycles. The summed E-state index contributed by atoms with van der Waals surface area (Å²) in [6.07, 6.45) is -6.24. The minimum absolute atomic E-state index is 0.0405. The van der Waals surface area contributed by atoms with Gasteiger partial charge in [-0.05, 0) is 29.8 Å². The highest BCUT2D eigenvalue weighted by Gasteiger charge is 2.45. The lowest BCUT2D eigenvalue weighted by atomic mass is 9.89. The Kier molecular flexibility index (Phi) is 5.22. The van der Waals surface area contributed by atoms with Gasteiger partial charge in [0, 0.05) is 0 Å². The molecule has 9 nitrogen and oxygen atoms in total. The molecule has 0 unspecified atom stereocenters. The van der Waals surface area contributed by atoms with Crippen molar-refractivity contribution in [1.29, 1.82) is 0 Å². The monoisotopic (exact) mass is 416 g/mol. The van der Waals surface area contributed by atoms with Gasteiger partial charge in [-0.25, -0.2) is 0 Å². The average Bonchev–Trinajstić information content (AvgIpc) is 2.74. The second-order valence-electron chi connectivity index (χ2n) is 7.15. The van der Waals surface area contributed by atoms with Crippen LogP contribution in [-0.4, -0.2) is 61.7 Å². The normalized spacial score (nSPS) is 26.7. The number of aliphatic hydroxyl groups excluding tert-OH is 4. The molecule has 1 aliphatic heterocycles. The van der Waals surface area contributed by atoms with Crippen LogP contribution in [0.1, 0.15) is 11.7 Å². The molecule has 1 aliphatic rings. The predicted octanol–water partition coefficient (Wildman–Crippen LogP) is 0.386. The van der Waals surface area contributed by atoms with Crippen molar-refractivity contribution in [2.75, 3.05) is 6.61 Å². The van der Waals surface area contributed by atoms with Gasteiger partial charge in [-0.15, -0.1) is 0 Å². The lowest BCUT2D eigenvalue weighted by Crippen LogP contribution is -2.55. The average molecular weight is 416 g/mol. The number of ether oxygens (including phenoxy) is 1. The third-order valence-corrected chi connectivity index (χ3v) is 5.31. The molecule has 4 rings (SSSR count). The maximum atomic E-state index is 13.0. The molecule has 6 N–H and O–H groups in total. The molecule has 0 spiro atoms. The van der Waals surface area contributed by atoms with Gasteiger partial charge in [0.15, 0.2) is 0 Å². The molecule has 2 aromatic carbocycles. The van der Waals surface area contributed by atoms with Gasteiger partial charge < -0.3 is 39.8 Å². The molecule has 0 bridgehead atoms. The summed E-state index contributed by atoms with van der Waals surface area (Å²) in [5, 5.41) is 59.8. The van der Waals surface area contributed by atoms with E-state index in [9.17, 15) is 35.4 Å². The van der Waals surface area contributed by atoms with Gasteiger partial charge in [0.1, 0.15) is 53.9 Å². The zero-order valence-corrected chi connectivity index (χ0v) is 15.5. The van der Waals surface area contributed by atoms with Crippen LogP contribution in [0.5, 0.6) is 11.5 Å². The summed E-state index contributed by atoms with van der Waals surface area (Å²) in [5.74, 6) is -0.314. The Bertz CT molecular complexity index is 1120. The molecule has 1 fully saturated rings. The van der Waals surface area contributed by atoms with Crippen LogP contribution >= 0.6 is 0 Å². The van der Waals surface area contributed by atoms with E-state index in [2.05, 4.69) is 0 Å². The van der Waals surface area contributed by atoms with Crippen LogP contribution in [0.2, 0.25) is 0 Å². The Hall–Kier alpha value is -2.95. The van der Waals surface area contributed by atoms with E-state index < -0.39 is 42.6 Å². The van der Waals surface area contributed by atoms with Crippen LogP contribution in [0.4, 0.5) is 0 Å². The molecule has 9 heteroatoms. The number of fused-ring (bicyclic) bond motifs is 1. The minimum atomic E-state index is -1.65. The van der Waals surface area contributed by atoms with E-state index in [1.807, 2.05) is 0 Å². The smallest absolute Gasteiger partial charge is 0.200 e. The maximum Gasteiger partial charge on any atom is 0.200 e. The lowest BCUT2D eigenvalue weighted by molar-refractivity contribution is -0.231. The van der Waals surface area contributed by atoms with E-state index in [1.54, 1.807) is 12.1 Å². The molecule has 0 radical (unpaired) electrons. The van der Waals surface area contributed by atoms with E-state index in [-0.39, 0.29) is 33.6 Å². The van der Waals surface area contributed by atoms with Gasteiger partial charge in [0.25, 0.3) is 0 Å². The maximum absolute atomic E-state index is 13.0. The first-order valence-electron chi connectivity index (χ1n) is 9.20. The zero-order chi connectivity index (χ0) is 21.6. The third-order valence-electron chi connectivity index (χ3n) is 5.31. The Morgan fingerprint density at radius 3 is 2.27 bits per heavy atom. The third kappa shape index (κ3) is 3.22. The van der Waals surface area contributed by atoms with Gasteiger partial charge >= 0.3 is 0 Å². The van der Waals surface area contributed by atoms with Crippen molar-refractivity contribution in [2.45, 2.75) is 30.5 Å². The second kappa shape index (κ2) is 7.71. The van der Waals surface area contributed by atoms with E-state index in [0.717, 1.165) is 0 Å². The van der Waals surface area contributed by atoms with Gasteiger partial charge in [-0.3, -0.25) is 4.79 Å². The Morgan fingerprint density at radius 2 is 1.60 bits per heavy atom. The fourth-order valence-corrected chi connectivity index (χ4v) is 3.67. The first-order valence-corrected chi connectivity index (χ1v) is 9.20. The van der Waals surface area contributed by atoms with Crippen molar-refractivity contribution in [3.8, 4) is 22.6 Å². The summed E-state index contributed by atoms with van der Waals surface area (Å²) in [4.78, 5) is 13.0. The molecule has 3 aromatic rings. The Labute approximate surface area is 169 Å². The number of phenolic OH excluding ortho intramolecular Hbond substituents is 2. The van der Waals surface area contributed by atoms with E-state index in [0.29, 0.717) is 5.56 Å². The highest BCUT2D eigenvalue weighted by molar-refractivity contribution is 5.86. The summed E-state index contributed by atoms with van der Waals surface area (Å²) >= 11 is 0. The van der Waals surface area contributed by atoms with Crippen LogP contribution < -0.4 is 5.43 Å².